The third-order valence-electron chi connectivity index (χ3n) is 14.8. The summed E-state index contributed by atoms with van der Waals surface area (Å²) in [4.78, 5) is 30.7. The highest BCUT2D eigenvalue weighted by atomic mass is 35.5. The van der Waals surface area contributed by atoms with Crippen LogP contribution in [0.15, 0.2) is 133 Å². The lowest BCUT2D eigenvalue weighted by Gasteiger charge is -2.33. The van der Waals surface area contributed by atoms with E-state index in [4.69, 9.17) is 0 Å². The number of aryl methyl sites for hydroxylation is 4. The van der Waals surface area contributed by atoms with Crippen LogP contribution in [0.4, 0.5) is 17.6 Å². The van der Waals surface area contributed by atoms with E-state index in [0.29, 0.717) is 47.2 Å². The molecule has 2 aliphatic rings. The van der Waals surface area contributed by atoms with E-state index in [1.54, 1.807) is 12.1 Å². The largest absolute Gasteiger partial charge is 0.412 e. The van der Waals surface area contributed by atoms with Crippen LogP contribution >= 0.6 is 24.8 Å². The minimum absolute atomic E-state index is 0. The third-order valence-corrected chi connectivity index (χ3v) is 14.8. The van der Waals surface area contributed by atoms with Crippen molar-refractivity contribution in [3.63, 3.8) is 0 Å². The van der Waals surface area contributed by atoms with Crippen LogP contribution in [0, 0.1) is 62.8 Å². The molecule has 6 aromatic rings. The van der Waals surface area contributed by atoms with Crippen LogP contribution in [0.5, 0.6) is 0 Å². The number of halogens is 6. The summed E-state index contributed by atoms with van der Waals surface area (Å²) in [7, 11) is 0. The minimum atomic E-state index is -0.850. The first-order valence-corrected chi connectivity index (χ1v) is 25.9. The van der Waals surface area contributed by atoms with E-state index in [9.17, 15) is 27.2 Å². The van der Waals surface area contributed by atoms with Crippen LogP contribution < -0.4 is 10.6 Å². The van der Waals surface area contributed by atoms with Crippen LogP contribution in [-0.2, 0) is 12.8 Å². The fraction of sp³-hybridized carbons (Fsp3) is 0.387. The zero-order valence-electron chi connectivity index (χ0n) is 43.9. The summed E-state index contributed by atoms with van der Waals surface area (Å²) in [6.07, 6.45) is 8.42. The molecule has 2 saturated heterocycles. The first-order valence-electron chi connectivity index (χ1n) is 25.9. The topological polar surface area (TPSA) is 96.2 Å². The number of carbonyl (C=O) groups is 2. The van der Waals surface area contributed by atoms with Gasteiger partial charge in [-0.15, -0.1) is 24.8 Å². The molecule has 2 heterocycles. The Bertz CT molecular complexity index is 2520. The zero-order chi connectivity index (χ0) is 51.0. The highest BCUT2D eigenvalue weighted by molar-refractivity contribution is 5.96. The van der Waals surface area contributed by atoms with Crippen LogP contribution in [0.2, 0.25) is 0 Å². The molecule has 0 radical (unpaired) electrons. The molecular weight excluding hydrogens is 996 g/mol. The van der Waals surface area contributed by atoms with Gasteiger partial charge in [0.15, 0.2) is 23.3 Å². The number of carbonyl (C=O) groups excluding carboxylic acids is 2. The van der Waals surface area contributed by atoms with Gasteiger partial charge in [-0.25, -0.2) is 17.6 Å². The molecule has 404 valence electrons. The fourth-order valence-corrected chi connectivity index (χ4v) is 10.5. The summed E-state index contributed by atoms with van der Waals surface area (Å²) in [6, 6.07) is 41.0. The molecule has 13 heteroatoms. The van der Waals surface area contributed by atoms with E-state index >= 15 is 0 Å². The Morgan fingerprint density at radius 1 is 0.493 bits per heavy atom. The Balaban J connectivity index is 0.000000312. The van der Waals surface area contributed by atoms with E-state index < -0.39 is 23.3 Å². The van der Waals surface area contributed by atoms with Crippen molar-refractivity contribution in [2.45, 2.75) is 90.9 Å². The van der Waals surface area contributed by atoms with Crippen molar-refractivity contribution in [2.24, 2.45) is 11.8 Å². The molecular formula is C62H76Cl2F4N4O3. The fourth-order valence-electron chi connectivity index (χ4n) is 10.5. The van der Waals surface area contributed by atoms with Crippen LogP contribution in [0.25, 0.3) is 0 Å². The molecule has 7 nitrogen and oxygen atoms in total. The lowest BCUT2D eigenvalue weighted by atomic mass is 9.89. The molecule has 0 aromatic heterocycles. The molecule has 2 unspecified atom stereocenters. The van der Waals surface area contributed by atoms with Gasteiger partial charge in [0.25, 0.3) is 11.8 Å². The Hall–Kier alpha value is -5.56. The molecule has 4 N–H and O–H groups in total. The molecule has 0 bridgehead atoms. The number of benzene rings is 6. The second kappa shape index (κ2) is 30.9. The van der Waals surface area contributed by atoms with Crippen molar-refractivity contribution in [3.05, 3.63) is 212 Å². The lowest BCUT2D eigenvalue weighted by molar-refractivity contribution is 0.0940. The van der Waals surface area contributed by atoms with Crippen molar-refractivity contribution in [1.82, 2.24) is 20.4 Å². The quantitative estimate of drug-likeness (QED) is 0.0838. The maximum absolute atomic E-state index is 14.0. The van der Waals surface area contributed by atoms with Gasteiger partial charge in [0.05, 0.1) is 0 Å². The van der Waals surface area contributed by atoms with Crippen molar-refractivity contribution < 1.29 is 32.6 Å². The monoisotopic (exact) mass is 1070 g/mol. The van der Waals surface area contributed by atoms with Gasteiger partial charge in [-0.2, -0.15) is 0 Å². The van der Waals surface area contributed by atoms with Crippen molar-refractivity contribution in [3.8, 4) is 0 Å². The van der Waals surface area contributed by atoms with Crippen LogP contribution in [0.1, 0.15) is 116 Å². The van der Waals surface area contributed by atoms with Gasteiger partial charge in [0, 0.05) is 36.1 Å². The van der Waals surface area contributed by atoms with Gasteiger partial charge in [0.1, 0.15) is 0 Å². The molecule has 75 heavy (non-hydrogen) atoms. The Morgan fingerprint density at radius 3 is 1.19 bits per heavy atom. The summed E-state index contributed by atoms with van der Waals surface area (Å²) >= 11 is 0. The molecule has 0 spiro atoms. The number of nitrogens with zero attached hydrogens (tertiary/aromatic N) is 2. The first kappa shape index (κ1) is 62.0. The first-order chi connectivity index (χ1) is 34.8. The maximum atomic E-state index is 14.0. The summed E-state index contributed by atoms with van der Waals surface area (Å²) in [5, 5.41) is 6.08. The Morgan fingerprint density at radius 2 is 0.853 bits per heavy atom. The van der Waals surface area contributed by atoms with E-state index in [2.05, 4.69) is 81.1 Å². The van der Waals surface area contributed by atoms with Crippen LogP contribution in [-0.4, -0.2) is 79.4 Å². The number of piperidine rings is 2. The third kappa shape index (κ3) is 18.9. The molecule has 2 aliphatic heterocycles. The highest BCUT2D eigenvalue weighted by Gasteiger charge is 2.24. The van der Waals surface area contributed by atoms with Crippen molar-refractivity contribution >= 4 is 36.6 Å². The number of nitrogens with one attached hydrogen (secondary N) is 2. The van der Waals surface area contributed by atoms with E-state index in [-0.39, 0.29) is 53.9 Å². The standard InChI is InChI=1S/2C31H36F2N2O.2ClH.H2O/c2*1-22-8-10-28(23(2)18-22)31(36)34-21-27(26-9-11-29(32)30(33)20-26)14-17-35-15-12-25(13-16-35)19-24-6-4-3-5-7-24;;;/h2*3-11,18,20,25,27H,12-17,19,21H2,1-2H3,(H,34,36);2*1H;1H2. The molecule has 8 rings (SSSR count). The molecule has 2 fully saturated rings. The highest BCUT2D eigenvalue weighted by Crippen LogP contribution is 2.28. The summed E-state index contributed by atoms with van der Waals surface area (Å²) in [5.41, 5.74) is 9.58. The van der Waals surface area contributed by atoms with Gasteiger partial charge >= 0.3 is 0 Å². The average Bonchev–Trinajstić information content (AvgIpc) is 3.37. The predicted molar refractivity (Wildman–Crippen MR) is 301 cm³/mol. The Labute approximate surface area is 455 Å². The van der Waals surface area contributed by atoms with Crippen molar-refractivity contribution in [2.75, 3.05) is 52.4 Å². The minimum Gasteiger partial charge on any atom is -0.412 e. The SMILES string of the molecule is Cc1ccc(C(=O)NCC(CCN2CCC(Cc3ccccc3)CC2)c2ccc(F)c(F)c2)c(C)c1.Cc1ccc(C(=O)NCC(CCN2CCC(Cc3ccccc3)CC2)c2ccc(F)c(F)c2)c(C)c1.Cl.Cl.O. The number of amides is 2. The molecule has 0 saturated carbocycles. The van der Waals surface area contributed by atoms with E-state index in [1.165, 1.54) is 35.4 Å². The van der Waals surface area contributed by atoms with Gasteiger partial charge < -0.3 is 25.9 Å². The zero-order valence-corrected chi connectivity index (χ0v) is 45.5. The molecule has 2 amide bonds. The molecule has 6 aromatic carbocycles. The lowest BCUT2D eigenvalue weighted by Crippen LogP contribution is -2.36. The van der Waals surface area contributed by atoms with Gasteiger partial charge in [-0.1, -0.05) is 108 Å². The van der Waals surface area contributed by atoms with E-state index in [1.807, 2.05) is 64.1 Å². The summed E-state index contributed by atoms with van der Waals surface area (Å²) in [5.74, 6) is -2.47. The van der Waals surface area contributed by atoms with Crippen molar-refractivity contribution in [1.29, 1.82) is 0 Å². The predicted octanol–water partition coefficient (Wildman–Crippen LogP) is 12.9. The molecule has 2 atom stereocenters. The second-order valence-corrected chi connectivity index (χ2v) is 20.3. The number of hydrogen-bond acceptors (Lipinski definition) is 4. The molecule has 0 aliphatic carbocycles. The summed E-state index contributed by atoms with van der Waals surface area (Å²) < 4.78 is 55.3. The van der Waals surface area contributed by atoms with Crippen LogP contribution in [0.3, 0.4) is 0 Å². The second-order valence-electron chi connectivity index (χ2n) is 20.3. The van der Waals surface area contributed by atoms with Gasteiger partial charge in [-0.05, 0) is 200 Å². The summed E-state index contributed by atoms with van der Waals surface area (Å²) in [6.45, 7) is 14.5. The maximum Gasteiger partial charge on any atom is 0.251 e. The normalized spacial score (nSPS) is 14.9. The number of hydrogen-bond donors (Lipinski definition) is 2. The number of rotatable bonds is 18. The average molecular weight is 1070 g/mol. The number of likely N-dealkylation sites (tertiary alicyclic amines) is 2. The smallest absolute Gasteiger partial charge is 0.251 e. The Kier molecular flexibility index (Phi) is 25.5. The van der Waals surface area contributed by atoms with Gasteiger partial charge in [-0.3, -0.25) is 9.59 Å². The van der Waals surface area contributed by atoms with E-state index in [0.717, 1.165) is 113 Å². The van der Waals surface area contributed by atoms with Gasteiger partial charge in [0.2, 0.25) is 0 Å².